The van der Waals surface area contributed by atoms with Gasteiger partial charge in [0.2, 0.25) is 0 Å². The molecule has 1 fully saturated rings. The maximum Gasteiger partial charge on any atom is 0.0477 e. The summed E-state index contributed by atoms with van der Waals surface area (Å²) in [6.45, 7) is 6.82. The Morgan fingerprint density at radius 3 is 2.37 bits per heavy atom. The quantitative estimate of drug-likeness (QED) is 0.907. The van der Waals surface area contributed by atoms with Crippen molar-refractivity contribution < 1.29 is 0 Å². The molecule has 1 aromatic carbocycles. The van der Waals surface area contributed by atoms with Crippen LogP contribution in [0.2, 0.25) is 5.02 Å². The van der Waals surface area contributed by atoms with Gasteiger partial charge >= 0.3 is 0 Å². The summed E-state index contributed by atoms with van der Waals surface area (Å²) in [4.78, 5) is 2.55. The van der Waals surface area contributed by atoms with Crippen molar-refractivity contribution in [3.8, 4) is 0 Å². The second kappa shape index (κ2) is 6.25. The van der Waals surface area contributed by atoms with Crippen LogP contribution in [0.15, 0.2) is 24.3 Å². The summed E-state index contributed by atoms with van der Waals surface area (Å²) in [6, 6.07) is 7.94. The maximum absolute atomic E-state index is 6.52. The van der Waals surface area contributed by atoms with E-state index in [0.29, 0.717) is 0 Å². The zero-order valence-electron chi connectivity index (χ0n) is 12.0. The average Bonchev–Trinajstić information content (AvgIpc) is 2.67. The second-order valence-corrected chi connectivity index (χ2v) is 6.52. The van der Waals surface area contributed by atoms with Crippen molar-refractivity contribution in [2.24, 2.45) is 5.73 Å². The second-order valence-electron chi connectivity index (χ2n) is 6.09. The molecule has 1 heterocycles. The molecule has 1 aliphatic rings. The molecular weight excluding hydrogens is 256 g/mol. The number of nitrogens with zero attached hydrogens (tertiary/aromatic N) is 1. The molecule has 1 aromatic rings. The van der Waals surface area contributed by atoms with E-state index >= 15 is 0 Å². The van der Waals surface area contributed by atoms with Crippen molar-refractivity contribution >= 4 is 11.6 Å². The molecule has 0 saturated carbocycles. The maximum atomic E-state index is 6.52. The fraction of sp³-hybridized carbons (Fsp3) is 0.625. The van der Waals surface area contributed by atoms with Crippen molar-refractivity contribution in [2.45, 2.75) is 51.1 Å². The first-order valence-corrected chi connectivity index (χ1v) is 7.66. The van der Waals surface area contributed by atoms with Crippen LogP contribution in [-0.4, -0.2) is 23.5 Å². The highest BCUT2D eigenvalue weighted by Crippen LogP contribution is 2.31. The molecule has 1 saturated heterocycles. The highest BCUT2D eigenvalue weighted by atomic mass is 35.5. The molecule has 2 nitrogen and oxygen atoms in total. The zero-order chi connectivity index (χ0) is 13.9. The lowest BCUT2D eigenvalue weighted by atomic mass is 9.87. The Labute approximate surface area is 121 Å². The Hall–Kier alpha value is -0.570. The lowest BCUT2D eigenvalue weighted by Crippen LogP contribution is -2.51. The van der Waals surface area contributed by atoms with E-state index in [1.54, 1.807) is 0 Å². The van der Waals surface area contributed by atoms with Gasteiger partial charge in [0.25, 0.3) is 0 Å². The predicted molar refractivity (Wildman–Crippen MR) is 82.5 cm³/mol. The molecule has 3 heteroatoms. The third kappa shape index (κ3) is 3.50. The normalized spacial score (nSPS) is 20.0. The van der Waals surface area contributed by atoms with E-state index in [4.69, 9.17) is 17.3 Å². The summed E-state index contributed by atoms with van der Waals surface area (Å²) in [5, 5.41) is 0.764. The van der Waals surface area contributed by atoms with Crippen LogP contribution in [0.4, 0.5) is 0 Å². The van der Waals surface area contributed by atoms with Gasteiger partial charge in [-0.25, -0.2) is 0 Å². The highest BCUT2D eigenvalue weighted by molar-refractivity contribution is 6.30. The van der Waals surface area contributed by atoms with Gasteiger partial charge in [0.1, 0.15) is 0 Å². The summed E-state index contributed by atoms with van der Waals surface area (Å²) in [6.07, 6.45) is 5.26. The summed E-state index contributed by atoms with van der Waals surface area (Å²) in [5.74, 6) is 0. The summed E-state index contributed by atoms with van der Waals surface area (Å²) < 4.78 is 0. The Morgan fingerprint density at radius 2 is 1.79 bits per heavy atom. The summed E-state index contributed by atoms with van der Waals surface area (Å²) in [5.41, 5.74) is 7.62. The van der Waals surface area contributed by atoms with E-state index < -0.39 is 0 Å². The van der Waals surface area contributed by atoms with Gasteiger partial charge in [-0.3, -0.25) is 4.90 Å². The Morgan fingerprint density at radius 1 is 1.16 bits per heavy atom. The van der Waals surface area contributed by atoms with Crippen LogP contribution in [0.1, 0.15) is 51.1 Å². The highest BCUT2D eigenvalue weighted by Gasteiger charge is 2.34. The Kier molecular flexibility index (Phi) is 4.88. The third-order valence-electron chi connectivity index (χ3n) is 4.39. The van der Waals surface area contributed by atoms with Gasteiger partial charge in [-0.2, -0.15) is 0 Å². The van der Waals surface area contributed by atoms with Crippen molar-refractivity contribution in [3.05, 3.63) is 34.9 Å². The summed E-state index contributed by atoms with van der Waals surface area (Å²) >= 11 is 6.08. The van der Waals surface area contributed by atoms with Crippen LogP contribution >= 0.6 is 11.6 Å². The van der Waals surface area contributed by atoms with Gasteiger partial charge in [-0.1, -0.05) is 36.6 Å². The molecular formula is C16H25ClN2. The van der Waals surface area contributed by atoms with E-state index in [1.807, 2.05) is 18.2 Å². The van der Waals surface area contributed by atoms with Gasteiger partial charge in [-0.15, -0.1) is 0 Å². The molecule has 19 heavy (non-hydrogen) atoms. The minimum atomic E-state index is -0.0327. The van der Waals surface area contributed by atoms with E-state index in [9.17, 15) is 0 Å². The molecule has 0 bridgehead atoms. The Bertz CT molecular complexity index is 409. The lowest BCUT2D eigenvalue weighted by molar-refractivity contribution is 0.0980. The molecule has 0 radical (unpaired) electrons. The van der Waals surface area contributed by atoms with Gasteiger partial charge in [0.05, 0.1) is 0 Å². The first-order chi connectivity index (χ1) is 9.01. The average molecular weight is 281 g/mol. The molecule has 1 atom stereocenters. The van der Waals surface area contributed by atoms with Crippen molar-refractivity contribution in [3.63, 3.8) is 0 Å². The topological polar surface area (TPSA) is 29.3 Å². The number of benzene rings is 1. The molecule has 106 valence electrons. The fourth-order valence-electron chi connectivity index (χ4n) is 2.95. The van der Waals surface area contributed by atoms with Crippen molar-refractivity contribution in [1.82, 2.24) is 4.90 Å². The molecule has 2 N–H and O–H groups in total. The molecule has 0 aromatic heterocycles. The van der Waals surface area contributed by atoms with E-state index in [0.717, 1.165) is 23.7 Å². The van der Waals surface area contributed by atoms with Crippen LogP contribution in [0.5, 0.6) is 0 Å². The van der Waals surface area contributed by atoms with Crippen LogP contribution < -0.4 is 5.73 Å². The molecule has 0 amide bonds. The van der Waals surface area contributed by atoms with Crippen molar-refractivity contribution in [2.75, 3.05) is 13.1 Å². The van der Waals surface area contributed by atoms with Gasteiger partial charge < -0.3 is 5.73 Å². The molecule has 0 spiro atoms. The first kappa shape index (κ1) is 14.8. The van der Waals surface area contributed by atoms with Crippen LogP contribution in [-0.2, 0) is 0 Å². The van der Waals surface area contributed by atoms with Gasteiger partial charge in [0, 0.05) is 16.6 Å². The number of halogens is 1. The lowest BCUT2D eigenvalue weighted by Gasteiger charge is -2.42. The molecule has 0 aliphatic carbocycles. The van der Waals surface area contributed by atoms with Gasteiger partial charge in [-0.05, 0) is 57.5 Å². The smallest absolute Gasteiger partial charge is 0.0477 e. The number of rotatable bonds is 3. The predicted octanol–water partition coefficient (Wildman–Crippen LogP) is 3.99. The molecule has 2 rings (SSSR count). The van der Waals surface area contributed by atoms with Crippen LogP contribution in [0.25, 0.3) is 0 Å². The first-order valence-electron chi connectivity index (χ1n) is 7.28. The minimum absolute atomic E-state index is 0.00991. The van der Waals surface area contributed by atoms with E-state index in [2.05, 4.69) is 24.8 Å². The molecule has 1 aliphatic heterocycles. The number of nitrogens with two attached hydrogens (primary N) is 1. The largest absolute Gasteiger partial charge is 0.322 e. The SMILES string of the molecule is CC(C)(C(N)c1cccc(Cl)c1)N1CCCCCC1. The monoisotopic (exact) mass is 280 g/mol. The number of hydrogen-bond acceptors (Lipinski definition) is 2. The molecule has 1 unspecified atom stereocenters. The standard InChI is InChI=1S/C16H25ClN2/c1-16(2,19-10-5-3-4-6-11-19)15(18)13-8-7-9-14(17)12-13/h7-9,12,15H,3-6,10-11,18H2,1-2H3. The third-order valence-corrected chi connectivity index (χ3v) is 4.63. The van der Waals surface area contributed by atoms with E-state index in [1.165, 1.54) is 25.7 Å². The van der Waals surface area contributed by atoms with Crippen LogP contribution in [0.3, 0.4) is 0 Å². The van der Waals surface area contributed by atoms with Gasteiger partial charge in [0.15, 0.2) is 0 Å². The van der Waals surface area contributed by atoms with Crippen LogP contribution in [0, 0.1) is 0 Å². The number of likely N-dealkylation sites (tertiary alicyclic amines) is 1. The van der Waals surface area contributed by atoms with E-state index in [-0.39, 0.29) is 11.6 Å². The minimum Gasteiger partial charge on any atom is -0.322 e. The summed E-state index contributed by atoms with van der Waals surface area (Å²) in [7, 11) is 0. The Balaban J connectivity index is 2.17. The van der Waals surface area contributed by atoms with Crippen molar-refractivity contribution in [1.29, 1.82) is 0 Å². The fourth-order valence-corrected chi connectivity index (χ4v) is 3.15. The number of hydrogen-bond donors (Lipinski definition) is 1. The zero-order valence-corrected chi connectivity index (χ0v) is 12.8.